The second kappa shape index (κ2) is 8.91. The number of nitrogens with zero attached hydrogens (tertiary/aromatic N) is 4. The number of benzene rings is 1. The molecule has 1 atom stereocenters. The molecule has 1 aromatic carbocycles. The molecule has 29 heavy (non-hydrogen) atoms. The molecule has 1 aliphatic rings. The number of anilines is 3. The molecule has 1 aliphatic heterocycles. The Morgan fingerprint density at radius 2 is 1.93 bits per heavy atom. The molecule has 2 aromatic rings. The van der Waals surface area contributed by atoms with E-state index in [4.69, 9.17) is 10.5 Å². The van der Waals surface area contributed by atoms with E-state index in [0.717, 1.165) is 11.4 Å². The number of carbonyl (C=O) groups is 2. The van der Waals surface area contributed by atoms with Crippen molar-refractivity contribution in [2.45, 2.75) is 19.5 Å². The van der Waals surface area contributed by atoms with Crippen molar-refractivity contribution in [1.82, 2.24) is 4.98 Å². The molecule has 0 spiro atoms. The van der Waals surface area contributed by atoms with Gasteiger partial charge in [0.25, 0.3) is 5.91 Å². The van der Waals surface area contributed by atoms with E-state index in [0.29, 0.717) is 24.5 Å². The second-order valence-corrected chi connectivity index (χ2v) is 6.84. The van der Waals surface area contributed by atoms with E-state index in [1.807, 2.05) is 32.3 Å². The number of likely N-dealkylation sites (N-methyl/N-ethyl adjacent to an activating group) is 2. The van der Waals surface area contributed by atoms with Crippen molar-refractivity contribution >= 4 is 29.1 Å². The Hall–Kier alpha value is -3.13. The van der Waals surface area contributed by atoms with Gasteiger partial charge in [-0.05, 0) is 37.3 Å². The highest BCUT2D eigenvalue weighted by atomic mass is 16.5. The number of amides is 1. The van der Waals surface area contributed by atoms with Crippen LogP contribution in [0.1, 0.15) is 23.7 Å². The van der Waals surface area contributed by atoms with Crippen LogP contribution in [0, 0.1) is 0 Å². The Morgan fingerprint density at radius 1 is 1.17 bits per heavy atom. The van der Waals surface area contributed by atoms with Crippen LogP contribution in [-0.2, 0) is 9.53 Å². The van der Waals surface area contributed by atoms with Gasteiger partial charge >= 0.3 is 5.97 Å². The molecular formula is C21H27N5O3. The molecule has 0 radical (unpaired) electrons. The third-order valence-electron chi connectivity index (χ3n) is 5.10. The lowest BCUT2D eigenvalue weighted by molar-refractivity contribution is -0.142. The predicted molar refractivity (Wildman–Crippen MR) is 113 cm³/mol. The van der Waals surface area contributed by atoms with Gasteiger partial charge in [0.1, 0.15) is 12.0 Å². The van der Waals surface area contributed by atoms with Crippen LogP contribution in [0.25, 0.3) is 0 Å². The summed E-state index contributed by atoms with van der Waals surface area (Å²) >= 11 is 0. The van der Waals surface area contributed by atoms with Gasteiger partial charge in [0.15, 0.2) is 0 Å². The number of hydrogen-bond donors (Lipinski definition) is 1. The van der Waals surface area contributed by atoms with E-state index in [2.05, 4.69) is 14.8 Å². The molecule has 1 amide bonds. The van der Waals surface area contributed by atoms with E-state index >= 15 is 0 Å². The summed E-state index contributed by atoms with van der Waals surface area (Å²) in [5.74, 6) is -0.0713. The van der Waals surface area contributed by atoms with Crippen molar-refractivity contribution in [3.8, 4) is 0 Å². The number of carbonyl (C=O) groups excluding carboxylic acids is 2. The molecule has 0 aliphatic carbocycles. The fourth-order valence-corrected chi connectivity index (χ4v) is 3.56. The van der Waals surface area contributed by atoms with E-state index in [-0.39, 0.29) is 31.0 Å². The van der Waals surface area contributed by atoms with Crippen molar-refractivity contribution in [1.29, 1.82) is 0 Å². The minimum Gasteiger partial charge on any atom is -0.466 e. The predicted octanol–water partition coefficient (Wildman–Crippen LogP) is 1.85. The molecule has 0 fully saturated rings. The van der Waals surface area contributed by atoms with Crippen LogP contribution in [0.4, 0.5) is 17.2 Å². The number of ether oxygens (including phenoxy) is 1. The molecule has 1 unspecified atom stereocenters. The van der Waals surface area contributed by atoms with Gasteiger partial charge in [-0.3, -0.25) is 14.5 Å². The number of hydrogen-bond acceptors (Lipinski definition) is 7. The van der Waals surface area contributed by atoms with E-state index in [1.54, 1.807) is 31.3 Å². The zero-order valence-electron chi connectivity index (χ0n) is 17.0. The van der Waals surface area contributed by atoms with Gasteiger partial charge in [0.2, 0.25) is 0 Å². The lowest BCUT2D eigenvalue weighted by Crippen LogP contribution is -2.44. The quantitative estimate of drug-likeness (QED) is 0.713. The van der Waals surface area contributed by atoms with Gasteiger partial charge < -0.3 is 20.3 Å². The summed E-state index contributed by atoms with van der Waals surface area (Å²) in [6.07, 6.45) is 1.77. The Kier molecular flexibility index (Phi) is 6.33. The van der Waals surface area contributed by atoms with Crippen LogP contribution in [0.2, 0.25) is 0 Å². The zero-order chi connectivity index (χ0) is 21.0. The van der Waals surface area contributed by atoms with E-state index in [9.17, 15) is 9.59 Å². The van der Waals surface area contributed by atoms with Gasteiger partial charge in [0, 0.05) is 38.9 Å². The number of pyridine rings is 1. The second-order valence-electron chi connectivity index (χ2n) is 6.84. The van der Waals surface area contributed by atoms with Gasteiger partial charge in [0.05, 0.1) is 24.4 Å². The van der Waals surface area contributed by atoms with Gasteiger partial charge in [-0.25, -0.2) is 4.98 Å². The van der Waals surface area contributed by atoms with Crippen molar-refractivity contribution < 1.29 is 14.3 Å². The number of aromatic nitrogens is 1. The van der Waals surface area contributed by atoms with E-state index in [1.165, 1.54) is 4.90 Å². The Bertz CT molecular complexity index is 874. The monoisotopic (exact) mass is 397 g/mol. The average molecular weight is 397 g/mol. The summed E-state index contributed by atoms with van der Waals surface area (Å²) in [5.41, 5.74) is 8.39. The SMILES string of the molecule is CCOC(=O)CCN(C(=O)c1ccc2c(c1)N(C)C(CN)N2C)c1ccccn1. The largest absolute Gasteiger partial charge is 0.466 e. The summed E-state index contributed by atoms with van der Waals surface area (Å²) in [5, 5.41) is 0. The maximum Gasteiger partial charge on any atom is 0.307 e. The molecule has 2 heterocycles. The molecule has 154 valence electrons. The van der Waals surface area contributed by atoms with Crippen molar-refractivity contribution in [2.24, 2.45) is 5.73 Å². The zero-order valence-corrected chi connectivity index (χ0v) is 17.0. The highest BCUT2D eigenvalue weighted by molar-refractivity contribution is 6.07. The highest BCUT2D eigenvalue weighted by Gasteiger charge is 2.31. The molecule has 0 bridgehead atoms. The van der Waals surface area contributed by atoms with Gasteiger partial charge in [-0.2, -0.15) is 0 Å². The number of nitrogens with two attached hydrogens (primary N) is 1. The summed E-state index contributed by atoms with van der Waals surface area (Å²) in [6, 6.07) is 10.9. The standard InChI is InChI=1S/C21H27N5O3/c1-4-29-20(27)10-12-26(18-7-5-6-11-23-18)21(28)15-8-9-16-17(13-15)25(3)19(14-22)24(16)2/h5-9,11,13,19H,4,10,12,14,22H2,1-3H3. The van der Waals surface area contributed by atoms with Crippen molar-refractivity contribution in [2.75, 3.05) is 48.5 Å². The molecule has 8 heteroatoms. The van der Waals surface area contributed by atoms with Crippen LogP contribution in [0.3, 0.4) is 0 Å². The maximum atomic E-state index is 13.3. The molecule has 0 saturated heterocycles. The third kappa shape index (κ3) is 4.17. The Labute approximate surface area is 170 Å². The smallest absolute Gasteiger partial charge is 0.307 e. The Balaban J connectivity index is 1.89. The summed E-state index contributed by atoms with van der Waals surface area (Å²) in [4.78, 5) is 35.1. The maximum absolute atomic E-state index is 13.3. The first-order valence-corrected chi connectivity index (χ1v) is 9.66. The number of esters is 1. The molecular weight excluding hydrogens is 370 g/mol. The number of rotatable bonds is 7. The first-order chi connectivity index (χ1) is 14.0. The topological polar surface area (TPSA) is 92.0 Å². The highest BCUT2D eigenvalue weighted by Crippen LogP contribution is 2.38. The first-order valence-electron chi connectivity index (χ1n) is 9.66. The fourth-order valence-electron chi connectivity index (χ4n) is 3.56. The Morgan fingerprint density at radius 3 is 2.59 bits per heavy atom. The van der Waals surface area contributed by atoms with Gasteiger partial charge in [-0.15, -0.1) is 0 Å². The first kappa shape index (κ1) is 20.6. The lowest BCUT2D eigenvalue weighted by Gasteiger charge is -2.26. The fraction of sp³-hybridized carbons (Fsp3) is 0.381. The number of fused-ring (bicyclic) bond motifs is 1. The molecule has 0 saturated carbocycles. The van der Waals surface area contributed by atoms with Crippen molar-refractivity contribution in [3.05, 3.63) is 48.2 Å². The van der Waals surface area contributed by atoms with Crippen LogP contribution in [0.5, 0.6) is 0 Å². The summed E-state index contributed by atoms with van der Waals surface area (Å²) in [7, 11) is 3.95. The van der Waals surface area contributed by atoms with Crippen LogP contribution < -0.4 is 20.4 Å². The van der Waals surface area contributed by atoms with Crippen LogP contribution in [-0.4, -0.2) is 56.8 Å². The van der Waals surface area contributed by atoms with E-state index < -0.39 is 0 Å². The molecule has 2 N–H and O–H groups in total. The third-order valence-corrected chi connectivity index (χ3v) is 5.10. The molecule has 1 aromatic heterocycles. The summed E-state index contributed by atoms with van der Waals surface area (Å²) < 4.78 is 5.00. The van der Waals surface area contributed by atoms with Gasteiger partial charge in [-0.1, -0.05) is 6.07 Å². The average Bonchev–Trinajstić information content (AvgIpc) is 2.98. The molecule has 3 rings (SSSR count). The summed E-state index contributed by atoms with van der Waals surface area (Å²) in [6.45, 7) is 2.73. The lowest BCUT2D eigenvalue weighted by atomic mass is 10.1. The minimum atomic E-state index is -0.345. The van der Waals surface area contributed by atoms with Crippen molar-refractivity contribution in [3.63, 3.8) is 0 Å². The molecule has 8 nitrogen and oxygen atoms in total. The minimum absolute atomic E-state index is 0.0473. The van der Waals surface area contributed by atoms with Crippen LogP contribution in [0.15, 0.2) is 42.6 Å². The van der Waals surface area contributed by atoms with Crippen LogP contribution >= 0.6 is 0 Å². The normalized spacial score (nSPS) is 15.2.